The Morgan fingerprint density at radius 3 is 2.21 bits per heavy atom. The molecule has 2 aliphatic rings. The topological polar surface area (TPSA) is 58.7 Å². The molecule has 1 saturated heterocycles. The zero-order chi connectivity index (χ0) is 18.0. The van der Waals surface area contributed by atoms with Crippen molar-refractivity contribution in [1.82, 2.24) is 4.31 Å². The normalized spacial score (nSPS) is 32.2. The Morgan fingerprint density at radius 1 is 1.17 bits per heavy atom. The number of ether oxygens (including phenoxy) is 1. The highest BCUT2D eigenvalue weighted by Crippen LogP contribution is 2.58. The van der Waals surface area contributed by atoms with E-state index < -0.39 is 20.3 Å². The quantitative estimate of drug-likeness (QED) is 0.787. The van der Waals surface area contributed by atoms with Crippen molar-refractivity contribution < 1.29 is 13.2 Å². The van der Waals surface area contributed by atoms with Gasteiger partial charge < -0.3 is 4.74 Å². The van der Waals surface area contributed by atoms with E-state index in [4.69, 9.17) is 4.74 Å². The van der Waals surface area contributed by atoms with Crippen molar-refractivity contribution >= 4 is 15.9 Å². The molecule has 0 saturated carbocycles. The number of aliphatic imine (C=N–C) groups is 1. The van der Waals surface area contributed by atoms with Crippen LogP contribution in [0.25, 0.3) is 0 Å². The monoisotopic (exact) mass is 350 g/mol. The van der Waals surface area contributed by atoms with Crippen molar-refractivity contribution in [2.45, 2.75) is 63.4 Å². The van der Waals surface area contributed by atoms with Crippen LogP contribution < -0.4 is 0 Å². The zero-order valence-corrected chi connectivity index (χ0v) is 16.0. The van der Waals surface area contributed by atoms with Crippen molar-refractivity contribution in [2.75, 3.05) is 6.61 Å². The fourth-order valence-electron chi connectivity index (χ4n) is 3.19. The predicted molar refractivity (Wildman–Crippen MR) is 95.6 cm³/mol. The van der Waals surface area contributed by atoms with Crippen LogP contribution >= 0.6 is 0 Å². The van der Waals surface area contributed by atoms with Crippen LogP contribution in [-0.4, -0.2) is 41.1 Å². The van der Waals surface area contributed by atoms with Gasteiger partial charge in [0.05, 0.1) is 16.3 Å². The van der Waals surface area contributed by atoms with E-state index in [1.54, 1.807) is 25.1 Å². The molecule has 24 heavy (non-hydrogen) atoms. The molecule has 0 N–H and O–H groups in total. The van der Waals surface area contributed by atoms with Crippen molar-refractivity contribution in [3.63, 3.8) is 0 Å². The largest absolute Gasteiger partial charge is 0.477 e. The van der Waals surface area contributed by atoms with Crippen molar-refractivity contribution in [3.05, 3.63) is 35.9 Å². The number of hydrogen-bond donors (Lipinski definition) is 0. The van der Waals surface area contributed by atoms with Crippen LogP contribution in [0.4, 0.5) is 0 Å². The van der Waals surface area contributed by atoms with E-state index in [1.165, 1.54) is 0 Å². The second-order valence-electron chi connectivity index (χ2n) is 8.39. The Labute approximate surface area is 144 Å². The molecule has 6 heteroatoms. The molecule has 0 aliphatic carbocycles. The molecule has 2 heterocycles. The fourth-order valence-corrected chi connectivity index (χ4v) is 5.02. The first-order chi connectivity index (χ1) is 10.9. The minimum atomic E-state index is -3.51. The van der Waals surface area contributed by atoms with E-state index >= 15 is 0 Å². The molecule has 1 aromatic carbocycles. The average molecular weight is 350 g/mol. The van der Waals surface area contributed by atoms with E-state index in [2.05, 4.69) is 4.99 Å². The van der Waals surface area contributed by atoms with Crippen LogP contribution in [0.1, 0.15) is 53.1 Å². The van der Waals surface area contributed by atoms with E-state index in [1.807, 2.05) is 51.1 Å². The minimum Gasteiger partial charge on any atom is -0.477 e. The number of rotatable bonds is 3. The summed E-state index contributed by atoms with van der Waals surface area (Å²) in [6.07, 6.45) is 0. The van der Waals surface area contributed by atoms with Gasteiger partial charge in [-0.3, -0.25) is 0 Å². The van der Waals surface area contributed by atoms with E-state index in [-0.39, 0.29) is 11.6 Å². The number of hydrogen-bond acceptors (Lipinski definition) is 4. The summed E-state index contributed by atoms with van der Waals surface area (Å²) in [6.45, 7) is 11.5. The third-order valence-corrected chi connectivity index (χ3v) is 7.36. The molecule has 0 spiro atoms. The van der Waals surface area contributed by atoms with Gasteiger partial charge in [0, 0.05) is 0 Å². The van der Waals surface area contributed by atoms with Crippen LogP contribution in [0.2, 0.25) is 0 Å². The van der Waals surface area contributed by atoms with Gasteiger partial charge in [-0.25, -0.2) is 13.4 Å². The van der Waals surface area contributed by atoms with E-state index in [9.17, 15) is 8.42 Å². The molecule has 3 atom stereocenters. The van der Waals surface area contributed by atoms with E-state index in [0.29, 0.717) is 12.5 Å². The first kappa shape index (κ1) is 17.4. The summed E-state index contributed by atoms with van der Waals surface area (Å²) >= 11 is 0. The highest BCUT2D eigenvalue weighted by molar-refractivity contribution is 7.90. The smallest absolute Gasteiger partial charge is 0.220 e. The predicted octanol–water partition coefficient (Wildman–Crippen LogP) is 3.14. The maximum absolute atomic E-state index is 13.1. The second-order valence-corrected chi connectivity index (χ2v) is 11.0. The summed E-state index contributed by atoms with van der Waals surface area (Å²) in [5.74, 6) is 0.522. The van der Waals surface area contributed by atoms with Crippen molar-refractivity contribution in [1.29, 1.82) is 0 Å². The lowest BCUT2D eigenvalue weighted by Gasteiger charge is -2.22. The molecule has 3 rings (SSSR count). The van der Waals surface area contributed by atoms with Gasteiger partial charge in [0.2, 0.25) is 15.9 Å². The van der Waals surface area contributed by atoms with Gasteiger partial charge in [0.1, 0.15) is 12.1 Å². The van der Waals surface area contributed by atoms with Crippen LogP contribution in [-0.2, 0) is 14.8 Å². The Hall–Kier alpha value is -1.40. The van der Waals surface area contributed by atoms with Crippen LogP contribution in [0.3, 0.4) is 0 Å². The molecule has 5 nitrogen and oxygen atoms in total. The van der Waals surface area contributed by atoms with Gasteiger partial charge >= 0.3 is 0 Å². The minimum absolute atomic E-state index is 0.282. The molecular formula is C18H26N2O3S. The third-order valence-electron chi connectivity index (χ3n) is 4.70. The maximum Gasteiger partial charge on any atom is 0.220 e. The summed E-state index contributed by atoms with van der Waals surface area (Å²) in [5.41, 5.74) is -0.121. The Bertz CT molecular complexity index is 778. The lowest BCUT2D eigenvalue weighted by molar-refractivity contribution is 0.267. The molecule has 0 radical (unpaired) electrons. The molecule has 0 amide bonds. The molecular weight excluding hydrogens is 324 g/mol. The van der Waals surface area contributed by atoms with Gasteiger partial charge in [-0.05, 0) is 47.1 Å². The van der Waals surface area contributed by atoms with Gasteiger partial charge in [-0.15, -0.1) is 0 Å². The van der Waals surface area contributed by atoms with Crippen LogP contribution in [0.5, 0.6) is 0 Å². The number of sulfonamides is 1. The summed E-state index contributed by atoms with van der Waals surface area (Å²) in [7, 11) is -3.51. The molecule has 2 aliphatic heterocycles. The van der Waals surface area contributed by atoms with Gasteiger partial charge in [0.15, 0.2) is 0 Å². The first-order valence-electron chi connectivity index (χ1n) is 8.23. The molecule has 132 valence electrons. The zero-order valence-electron chi connectivity index (χ0n) is 15.2. The number of benzene rings is 1. The molecule has 1 aromatic rings. The SMILES string of the molecule is CC1(C)COC([C@]2(C)[C@H](c3ccccc3)N2S(=O)(=O)C(C)(C)C)=N1. The average Bonchev–Trinajstić information content (AvgIpc) is 2.95. The summed E-state index contributed by atoms with van der Waals surface area (Å²) in [5, 5.41) is 0. The summed E-state index contributed by atoms with van der Waals surface area (Å²) in [4.78, 5) is 4.66. The fraction of sp³-hybridized carbons (Fsp3) is 0.611. The van der Waals surface area contributed by atoms with Crippen molar-refractivity contribution in [2.24, 2.45) is 4.99 Å². The lowest BCUT2D eigenvalue weighted by atomic mass is 10.0. The van der Waals surface area contributed by atoms with Crippen LogP contribution in [0.15, 0.2) is 35.3 Å². The Kier molecular flexibility index (Phi) is 3.67. The summed E-state index contributed by atoms with van der Waals surface area (Å²) < 4.78 is 32.8. The Morgan fingerprint density at radius 2 is 1.75 bits per heavy atom. The third kappa shape index (κ3) is 2.47. The van der Waals surface area contributed by atoms with E-state index in [0.717, 1.165) is 5.56 Å². The number of nitrogens with zero attached hydrogens (tertiary/aromatic N) is 2. The first-order valence-corrected chi connectivity index (χ1v) is 9.67. The second kappa shape index (κ2) is 5.05. The molecule has 0 aromatic heterocycles. The van der Waals surface area contributed by atoms with Gasteiger partial charge in [-0.2, -0.15) is 4.31 Å². The van der Waals surface area contributed by atoms with Crippen LogP contribution in [0, 0.1) is 0 Å². The van der Waals surface area contributed by atoms with Crippen molar-refractivity contribution in [3.8, 4) is 0 Å². The Balaban J connectivity index is 2.10. The highest BCUT2D eigenvalue weighted by Gasteiger charge is 2.72. The standard InChI is InChI=1S/C18H26N2O3S/c1-16(2,3)24(21,22)20-14(13-10-8-7-9-11-13)18(20,6)15-19-17(4,5)12-23-15/h7-11,14H,12H2,1-6H3/t14-,18-,20?/m0/s1. The lowest BCUT2D eigenvalue weighted by Crippen LogP contribution is -2.39. The molecule has 0 bridgehead atoms. The molecule has 1 unspecified atom stereocenters. The summed E-state index contributed by atoms with van der Waals surface area (Å²) in [6, 6.07) is 9.42. The van der Waals surface area contributed by atoms with Gasteiger partial charge in [0.25, 0.3) is 0 Å². The maximum atomic E-state index is 13.1. The molecule has 1 fully saturated rings. The van der Waals surface area contributed by atoms with Gasteiger partial charge in [-0.1, -0.05) is 30.3 Å². The highest BCUT2D eigenvalue weighted by atomic mass is 32.2.